The molecule has 100 valence electrons. The molecule has 2 aliphatic rings. The minimum Gasteiger partial charge on any atom is -0.392 e. The molecule has 0 aliphatic carbocycles. The fraction of sp³-hybridized carbons (Fsp3) is 1.00. The van der Waals surface area contributed by atoms with Crippen LogP contribution in [0.5, 0.6) is 0 Å². The molecule has 0 bridgehead atoms. The average molecular weight is 241 g/mol. The molecule has 0 saturated carbocycles. The van der Waals surface area contributed by atoms with E-state index in [1.54, 1.807) is 0 Å². The lowest BCUT2D eigenvalue weighted by Gasteiger charge is -2.32. The molecule has 2 N–H and O–H groups in total. The Morgan fingerprint density at radius 2 is 2.00 bits per heavy atom. The van der Waals surface area contributed by atoms with Gasteiger partial charge in [0.2, 0.25) is 0 Å². The van der Waals surface area contributed by atoms with Crippen LogP contribution in [-0.2, 0) is 0 Å². The summed E-state index contributed by atoms with van der Waals surface area (Å²) in [6.07, 6.45) is 3.46. The lowest BCUT2D eigenvalue weighted by atomic mass is 9.96. The first-order valence-electron chi connectivity index (χ1n) is 6.92. The molecule has 2 fully saturated rings. The maximum absolute atomic E-state index is 9.48. The van der Waals surface area contributed by atoms with E-state index in [2.05, 4.69) is 29.2 Å². The second kappa shape index (κ2) is 6.14. The Hall–Kier alpha value is -0.160. The highest BCUT2D eigenvalue weighted by molar-refractivity contribution is 4.83. The zero-order valence-electron chi connectivity index (χ0n) is 11.2. The second-order valence-corrected chi connectivity index (χ2v) is 5.96. The summed E-state index contributed by atoms with van der Waals surface area (Å²) in [7, 11) is 4.43. The van der Waals surface area contributed by atoms with Crippen LogP contribution in [-0.4, -0.2) is 73.9 Å². The maximum Gasteiger partial charge on any atom is 0.0680 e. The molecule has 0 radical (unpaired) electrons. The molecule has 2 rings (SSSR count). The van der Waals surface area contributed by atoms with Crippen LogP contribution in [0.1, 0.15) is 19.3 Å². The first kappa shape index (κ1) is 13.3. The Morgan fingerprint density at radius 3 is 2.59 bits per heavy atom. The van der Waals surface area contributed by atoms with Crippen molar-refractivity contribution in [1.82, 2.24) is 15.1 Å². The van der Waals surface area contributed by atoms with Gasteiger partial charge in [0, 0.05) is 25.7 Å². The third kappa shape index (κ3) is 4.21. The van der Waals surface area contributed by atoms with Crippen LogP contribution in [0.15, 0.2) is 0 Å². The Balaban J connectivity index is 1.65. The Bertz CT molecular complexity index is 229. The van der Waals surface area contributed by atoms with Gasteiger partial charge in [-0.1, -0.05) is 0 Å². The summed E-state index contributed by atoms with van der Waals surface area (Å²) in [5.41, 5.74) is 0. The fourth-order valence-electron chi connectivity index (χ4n) is 3.07. The molecular weight excluding hydrogens is 214 g/mol. The number of likely N-dealkylation sites (tertiary alicyclic amines) is 1. The third-order valence-electron chi connectivity index (χ3n) is 4.14. The number of nitrogens with one attached hydrogen (secondary N) is 1. The lowest BCUT2D eigenvalue weighted by molar-refractivity contribution is 0.165. The van der Waals surface area contributed by atoms with E-state index >= 15 is 0 Å². The topological polar surface area (TPSA) is 38.7 Å². The van der Waals surface area contributed by atoms with Gasteiger partial charge in [0.25, 0.3) is 0 Å². The summed E-state index contributed by atoms with van der Waals surface area (Å²) >= 11 is 0. The molecular formula is C13H27N3O. The number of rotatable bonds is 4. The lowest BCUT2D eigenvalue weighted by Crippen LogP contribution is -2.40. The van der Waals surface area contributed by atoms with E-state index in [4.69, 9.17) is 0 Å². The van der Waals surface area contributed by atoms with E-state index < -0.39 is 0 Å². The van der Waals surface area contributed by atoms with Crippen molar-refractivity contribution < 1.29 is 5.11 Å². The number of aliphatic hydroxyl groups excluding tert-OH is 1. The number of piperidine rings is 1. The van der Waals surface area contributed by atoms with Gasteiger partial charge in [-0.3, -0.25) is 0 Å². The van der Waals surface area contributed by atoms with Crippen LogP contribution < -0.4 is 5.32 Å². The quantitative estimate of drug-likeness (QED) is 0.726. The third-order valence-corrected chi connectivity index (χ3v) is 4.14. The van der Waals surface area contributed by atoms with Crippen LogP contribution in [0.2, 0.25) is 0 Å². The predicted octanol–water partition coefficient (Wildman–Crippen LogP) is -0.0172. The molecule has 2 heterocycles. The molecule has 2 unspecified atom stereocenters. The van der Waals surface area contributed by atoms with Crippen LogP contribution in [0.3, 0.4) is 0 Å². The molecule has 2 atom stereocenters. The molecule has 2 aliphatic heterocycles. The normalized spacial score (nSPS) is 32.5. The predicted molar refractivity (Wildman–Crippen MR) is 70.1 cm³/mol. The number of hydrogen-bond acceptors (Lipinski definition) is 4. The van der Waals surface area contributed by atoms with Crippen molar-refractivity contribution in [2.45, 2.75) is 31.4 Å². The van der Waals surface area contributed by atoms with E-state index in [0.29, 0.717) is 6.04 Å². The minimum atomic E-state index is -0.128. The van der Waals surface area contributed by atoms with Crippen molar-refractivity contribution in [1.29, 1.82) is 0 Å². The zero-order chi connectivity index (χ0) is 12.3. The largest absolute Gasteiger partial charge is 0.392 e. The molecule has 17 heavy (non-hydrogen) atoms. The van der Waals surface area contributed by atoms with Gasteiger partial charge >= 0.3 is 0 Å². The Labute approximate surface area is 105 Å². The van der Waals surface area contributed by atoms with Crippen LogP contribution in [0.4, 0.5) is 0 Å². The monoisotopic (exact) mass is 241 g/mol. The summed E-state index contributed by atoms with van der Waals surface area (Å²) in [6.45, 7) is 5.55. The summed E-state index contributed by atoms with van der Waals surface area (Å²) < 4.78 is 0. The number of nitrogens with zero attached hydrogens (tertiary/aromatic N) is 2. The molecule has 0 aromatic carbocycles. The van der Waals surface area contributed by atoms with Crippen molar-refractivity contribution in [3.63, 3.8) is 0 Å². The van der Waals surface area contributed by atoms with Crippen molar-refractivity contribution in [2.75, 3.05) is 46.8 Å². The SMILES string of the molecule is CN1CCC(CN(C)CC2CC(O)CN2)CC1. The van der Waals surface area contributed by atoms with E-state index in [1.807, 2.05) is 0 Å². The molecule has 0 aromatic heterocycles. The minimum absolute atomic E-state index is 0.128. The first-order chi connectivity index (χ1) is 8.13. The molecule has 4 nitrogen and oxygen atoms in total. The molecule has 0 amide bonds. The van der Waals surface area contributed by atoms with Crippen molar-refractivity contribution >= 4 is 0 Å². The summed E-state index contributed by atoms with van der Waals surface area (Å²) in [5.74, 6) is 0.863. The Kier molecular flexibility index (Phi) is 4.79. The van der Waals surface area contributed by atoms with Crippen molar-refractivity contribution in [2.24, 2.45) is 5.92 Å². The van der Waals surface area contributed by atoms with E-state index in [1.165, 1.54) is 32.5 Å². The maximum atomic E-state index is 9.48. The molecule has 2 saturated heterocycles. The highest BCUT2D eigenvalue weighted by Gasteiger charge is 2.24. The van der Waals surface area contributed by atoms with Crippen LogP contribution in [0, 0.1) is 5.92 Å². The fourth-order valence-corrected chi connectivity index (χ4v) is 3.07. The van der Waals surface area contributed by atoms with Crippen LogP contribution in [0.25, 0.3) is 0 Å². The highest BCUT2D eigenvalue weighted by Crippen LogP contribution is 2.17. The number of hydrogen-bond donors (Lipinski definition) is 2. The van der Waals surface area contributed by atoms with Gasteiger partial charge in [-0.25, -0.2) is 0 Å². The zero-order valence-corrected chi connectivity index (χ0v) is 11.2. The number of β-amino-alcohol motifs (C(OH)–C–C–N with tert-alkyl or cyclic N) is 1. The van der Waals surface area contributed by atoms with Gasteiger partial charge in [0.15, 0.2) is 0 Å². The number of aliphatic hydroxyl groups is 1. The van der Waals surface area contributed by atoms with E-state index in [0.717, 1.165) is 25.4 Å². The van der Waals surface area contributed by atoms with Crippen molar-refractivity contribution in [3.05, 3.63) is 0 Å². The molecule has 4 heteroatoms. The summed E-state index contributed by atoms with van der Waals surface area (Å²) in [5, 5.41) is 12.9. The van der Waals surface area contributed by atoms with Gasteiger partial charge < -0.3 is 20.2 Å². The second-order valence-electron chi connectivity index (χ2n) is 5.96. The van der Waals surface area contributed by atoms with Crippen LogP contribution >= 0.6 is 0 Å². The van der Waals surface area contributed by atoms with Gasteiger partial charge in [0.1, 0.15) is 0 Å². The van der Waals surface area contributed by atoms with Gasteiger partial charge in [0.05, 0.1) is 6.10 Å². The Morgan fingerprint density at radius 1 is 1.29 bits per heavy atom. The van der Waals surface area contributed by atoms with E-state index in [-0.39, 0.29) is 6.10 Å². The smallest absolute Gasteiger partial charge is 0.0680 e. The first-order valence-corrected chi connectivity index (χ1v) is 6.92. The van der Waals surface area contributed by atoms with Gasteiger partial charge in [-0.05, 0) is 52.4 Å². The number of likely N-dealkylation sites (N-methyl/N-ethyl adjacent to an activating group) is 1. The van der Waals surface area contributed by atoms with Crippen molar-refractivity contribution in [3.8, 4) is 0 Å². The highest BCUT2D eigenvalue weighted by atomic mass is 16.3. The molecule has 0 spiro atoms. The summed E-state index contributed by atoms with van der Waals surface area (Å²) in [4.78, 5) is 4.86. The van der Waals surface area contributed by atoms with E-state index in [9.17, 15) is 5.11 Å². The molecule has 0 aromatic rings. The van der Waals surface area contributed by atoms with Gasteiger partial charge in [-0.15, -0.1) is 0 Å². The summed E-state index contributed by atoms with van der Waals surface area (Å²) in [6, 6.07) is 0.487. The average Bonchev–Trinajstić information content (AvgIpc) is 2.67. The standard InChI is InChI=1S/C13H27N3O/c1-15-5-3-11(4-6-15)9-16(2)10-12-7-13(17)8-14-12/h11-14,17H,3-10H2,1-2H3. The van der Waals surface area contributed by atoms with Gasteiger partial charge in [-0.2, -0.15) is 0 Å².